The van der Waals surface area contributed by atoms with Gasteiger partial charge in [0.1, 0.15) is 18.0 Å². The van der Waals surface area contributed by atoms with E-state index in [9.17, 15) is 23.4 Å². The monoisotopic (exact) mass is 534 g/mol. The standard InChI is InChI=1S/C29H30N2O6S/c1-19(2)37-24-8-10-25(11-9-24)38(35,36)31-14-13-22(16-31)27-17-30(18-29(33)34)28-15-21(5-12-26(27)28)20-3-6-23(32)7-4-20/h3-12,15,17,19,22,32H,13-14,16,18H2,1-2H3,(H,33,34). The Morgan fingerprint density at radius 1 is 1.03 bits per heavy atom. The summed E-state index contributed by atoms with van der Waals surface area (Å²) in [6.07, 6.45) is 2.48. The van der Waals surface area contributed by atoms with Gasteiger partial charge in [-0.05, 0) is 79.4 Å². The van der Waals surface area contributed by atoms with E-state index in [-0.39, 0.29) is 29.2 Å². The zero-order valence-corrected chi connectivity index (χ0v) is 22.1. The van der Waals surface area contributed by atoms with E-state index in [0.29, 0.717) is 25.3 Å². The Hall–Kier alpha value is -3.82. The summed E-state index contributed by atoms with van der Waals surface area (Å²) in [6, 6.07) is 19.2. The van der Waals surface area contributed by atoms with Crippen LogP contribution in [0, 0.1) is 0 Å². The smallest absolute Gasteiger partial charge is 0.323 e. The molecule has 4 aromatic rings. The number of phenolic OH excluding ortho intramolecular Hbond substituents is 1. The van der Waals surface area contributed by atoms with Crippen molar-refractivity contribution in [2.75, 3.05) is 13.1 Å². The third-order valence-corrected chi connectivity index (χ3v) is 8.72. The minimum absolute atomic E-state index is 0.00257. The quantitative estimate of drug-likeness (QED) is 0.327. The summed E-state index contributed by atoms with van der Waals surface area (Å²) in [5, 5.41) is 20.0. The van der Waals surface area contributed by atoms with Crippen molar-refractivity contribution in [2.24, 2.45) is 0 Å². The maximum Gasteiger partial charge on any atom is 0.323 e. The number of aliphatic carboxylic acids is 1. The number of carboxylic acid groups (broad SMARTS) is 1. The Morgan fingerprint density at radius 3 is 2.37 bits per heavy atom. The highest BCUT2D eigenvalue weighted by atomic mass is 32.2. The van der Waals surface area contributed by atoms with Gasteiger partial charge in [0.15, 0.2) is 0 Å². The van der Waals surface area contributed by atoms with Crippen molar-refractivity contribution in [1.29, 1.82) is 0 Å². The molecule has 5 rings (SSSR count). The highest BCUT2D eigenvalue weighted by Gasteiger charge is 2.34. The molecule has 2 N–H and O–H groups in total. The van der Waals surface area contributed by atoms with Gasteiger partial charge in [0.05, 0.1) is 11.0 Å². The second-order valence-corrected chi connectivity index (χ2v) is 11.8. The first-order chi connectivity index (χ1) is 18.1. The molecule has 1 aliphatic heterocycles. The normalized spacial score (nSPS) is 16.3. The fourth-order valence-electron chi connectivity index (χ4n) is 5.07. The van der Waals surface area contributed by atoms with Crippen molar-refractivity contribution < 1.29 is 28.2 Å². The molecule has 0 spiro atoms. The molecule has 1 saturated heterocycles. The van der Waals surface area contributed by atoms with E-state index in [1.807, 2.05) is 50.4 Å². The highest BCUT2D eigenvalue weighted by molar-refractivity contribution is 7.89. The summed E-state index contributed by atoms with van der Waals surface area (Å²) >= 11 is 0. The van der Waals surface area contributed by atoms with Crippen LogP contribution in [0.4, 0.5) is 0 Å². The van der Waals surface area contributed by atoms with Gasteiger partial charge < -0.3 is 19.5 Å². The van der Waals surface area contributed by atoms with Crippen LogP contribution in [-0.4, -0.2) is 52.7 Å². The molecular formula is C29H30N2O6S. The summed E-state index contributed by atoms with van der Waals surface area (Å²) in [6.45, 7) is 4.33. The van der Waals surface area contributed by atoms with E-state index < -0.39 is 16.0 Å². The SMILES string of the molecule is CC(C)Oc1ccc(S(=O)(=O)N2CCC(c3cn(CC(=O)O)c4cc(-c5ccc(O)cc5)ccc34)C2)cc1. The lowest BCUT2D eigenvalue weighted by atomic mass is 9.96. The number of phenols is 1. The number of carboxylic acids is 1. The van der Waals surface area contributed by atoms with Gasteiger partial charge in [0, 0.05) is 36.1 Å². The number of nitrogens with zero attached hydrogens (tertiary/aromatic N) is 2. The van der Waals surface area contributed by atoms with Gasteiger partial charge in [0.25, 0.3) is 0 Å². The molecule has 9 heteroatoms. The van der Waals surface area contributed by atoms with Crippen LogP contribution < -0.4 is 4.74 Å². The number of aromatic nitrogens is 1. The van der Waals surface area contributed by atoms with Gasteiger partial charge in [-0.2, -0.15) is 4.31 Å². The van der Waals surface area contributed by atoms with Gasteiger partial charge in [-0.15, -0.1) is 0 Å². The Morgan fingerprint density at radius 2 is 1.71 bits per heavy atom. The van der Waals surface area contributed by atoms with Crippen LogP contribution in [0.15, 0.2) is 77.8 Å². The zero-order chi connectivity index (χ0) is 27.0. The van der Waals surface area contributed by atoms with Gasteiger partial charge in [-0.3, -0.25) is 4.79 Å². The number of rotatable bonds is 8. The van der Waals surface area contributed by atoms with Crippen LogP contribution >= 0.6 is 0 Å². The summed E-state index contributed by atoms with van der Waals surface area (Å²) < 4.78 is 35.6. The lowest BCUT2D eigenvalue weighted by Gasteiger charge is -2.17. The average Bonchev–Trinajstić information content (AvgIpc) is 3.50. The molecule has 0 bridgehead atoms. The Labute approximate surface area is 221 Å². The molecule has 38 heavy (non-hydrogen) atoms. The molecule has 1 unspecified atom stereocenters. The molecule has 3 aromatic carbocycles. The Balaban J connectivity index is 1.44. The molecule has 198 valence electrons. The van der Waals surface area contributed by atoms with Gasteiger partial charge in [-0.25, -0.2) is 8.42 Å². The first-order valence-electron chi connectivity index (χ1n) is 12.5. The third kappa shape index (κ3) is 5.12. The molecule has 1 fully saturated rings. The van der Waals surface area contributed by atoms with E-state index in [1.165, 1.54) is 4.31 Å². The minimum Gasteiger partial charge on any atom is -0.508 e. The average molecular weight is 535 g/mol. The molecule has 1 aromatic heterocycles. The maximum absolute atomic E-state index is 13.4. The van der Waals surface area contributed by atoms with Crippen LogP contribution in [0.3, 0.4) is 0 Å². The van der Waals surface area contributed by atoms with E-state index in [1.54, 1.807) is 41.0 Å². The summed E-state index contributed by atoms with van der Waals surface area (Å²) in [5.74, 6) is -0.225. The highest BCUT2D eigenvalue weighted by Crippen LogP contribution is 2.37. The van der Waals surface area contributed by atoms with Crippen LogP contribution in [0.25, 0.3) is 22.0 Å². The molecule has 0 saturated carbocycles. The van der Waals surface area contributed by atoms with Gasteiger partial charge in [0.2, 0.25) is 10.0 Å². The molecule has 1 atom stereocenters. The summed E-state index contributed by atoms with van der Waals surface area (Å²) in [5.41, 5.74) is 3.51. The van der Waals surface area contributed by atoms with E-state index >= 15 is 0 Å². The predicted octanol–water partition coefficient (Wildman–Crippen LogP) is 5.06. The Kier molecular flexibility index (Phi) is 6.90. The molecule has 0 amide bonds. The second-order valence-electron chi connectivity index (χ2n) is 9.87. The number of ether oxygens (including phenoxy) is 1. The van der Waals surface area contributed by atoms with Crippen molar-refractivity contribution in [3.63, 3.8) is 0 Å². The number of sulfonamides is 1. The number of fused-ring (bicyclic) bond motifs is 1. The fraction of sp³-hybridized carbons (Fsp3) is 0.276. The number of hydrogen-bond acceptors (Lipinski definition) is 5. The molecular weight excluding hydrogens is 504 g/mol. The van der Waals surface area contributed by atoms with E-state index in [2.05, 4.69) is 0 Å². The van der Waals surface area contributed by atoms with Crippen LogP contribution in [0.5, 0.6) is 11.5 Å². The number of carbonyl (C=O) groups is 1. The fourth-order valence-corrected chi connectivity index (χ4v) is 6.57. The topological polar surface area (TPSA) is 109 Å². The molecule has 0 aliphatic carbocycles. The largest absolute Gasteiger partial charge is 0.508 e. The first-order valence-corrected chi connectivity index (χ1v) is 14.0. The van der Waals surface area contributed by atoms with E-state index in [0.717, 1.165) is 27.6 Å². The van der Waals surface area contributed by atoms with Gasteiger partial charge in [-0.1, -0.05) is 24.3 Å². The zero-order valence-electron chi connectivity index (χ0n) is 21.2. The minimum atomic E-state index is -3.68. The lowest BCUT2D eigenvalue weighted by Crippen LogP contribution is -2.28. The number of aromatic hydroxyl groups is 1. The van der Waals surface area contributed by atoms with Crippen molar-refractivity contribution in [1.82, 2.24) is 8.87 Å². The van der Waals surface area contributed by atoms with Crippen molar-refractivity contribution in [3.8, 4) is 22.6 Å². The van der Waals surface area contributed by atoms with Crippen LogP contribution in [0.1, 0.15) is 31.7 Å². The van der Waals surface area contributed by atoms with Crippen molar-refractivity contribution in [3.05, 3.63) is 78.5 Å². The van der Waals surface area contributed by atoms with E-state index in [4.69, 9.17) is 4.74 Å². The predicted molar refractivity (Wildman–Crippen MR) is 145 cm³/mol. The molecule has 1 aliphatic rings. The first kappa shape index (κ1) is 25.8. The summed E-state index contributed by atoms with van der Waals surface area (Å²) in [4.78, 5) is 11.8. The van der Waals surface area contributed by atoms with Crippen molar-refractivity contribution in [2.45, 2.75) is 43.7 Å². The molecule has 2 heterocycles. The van der Waals surface area contributed by atoms with Gasteiger partial charge >= 0.3 is 5.97 Å². The lowest BCUT2D eigenvalue weighted by molar-refractivity contribution is -0.137. The molecule has 8 nitrogen and oxygen atoms in total. The second kappa shape index (κ2) is 10.2. The molecule has 0 radical (unpaired) electrons. The van der Waals surface area contributed by atoms with Crippen molar-refractivity contribution >= 4 is 26.9 Å². The van der Waals surface area contributed by atoms with Crippen LogP contribution in [-0.2, 0) is 21.4 Å². The number of benzene rings is 3. The number of hydrogen-bond donors (Lipinski definition) is 2. The maximum atomic E-state index is 13.4. The Bertz CT molecular complexity index is 1570. The summed E-state index contributed by atoms with van der Waals surface area (Å²) in [7, 11) is -3.68. The van der Waals surface area contributed by atoms with Crippen LogP contribution in [0.2, 0.25) is 0 Å². The third-order valence-electron chi connectivity index (χ3n) is 6.84.